The molecule has 2 aromatic rings. The molecule has 2 aliphatic rings. The van der Waals surface area contributed by atoms with Gasteiger partial charge in [0, 0.05) is 37.0 Å². The Morgan fingerprint density at radius 3 is 3.04 bits per heavy atom. The molecule has 0 saturated carbocycles. The molecule has 7 nitrogen and oxygen atoms in total. The van der Waals surface area contributed by atoms with Crippen LogP contribution in [-0.4, -0.2) is 47.9 Å². The van der Waals surface area contributed by atoms with Crippen LogP contribution in [0.1, 0.15) is 29.4 Å². The van der Waals surface area contributed by atoms with Gasteiger partial charge in [0.1, 0.15) is 22.3 Å². The molecule has 1 amide bonds. The summed E-state index contributed by atoms with van der Waals surface area (Å²) in [6, 6.07) is 5.97. The molecule has 2 aliphatic heterocycles. The van der Waals surface area contributed by atoms with Gasteiger partial charge in [0.2, 0.25) is 0 Å². The minimum absolute atomic E-state index is 0.260. The Balaban J connectivity index is 1.46. The molecule has 0 aliphatic carbocycles. The van der Waals surface area contributed by atoms with Crippen LogP contribution in [0, 0.1) is 0 Å². The van der Waals surface area contributed by atoms with Gasteiger partial charge in [-0.1, -0.05) is 0 Å². The number of carbonyl (C=O) groups is 2. The average Bonchev–Trinajstić information content (AvgIpc) is 3.46. The Labute approximate surface area is 166 Å². The lowest BCUT2D eigenvalue weighted by atomic mass is 10.1. The molecule has 144 valence electrons. The van der Waals surface area contributed by atoms with E-state index in [2.05, 4.69) is 16.0 Å². The number of amides is 1. The second-order valence-electron chi connectivity index (χ2n) is 6.42. The van der Waals surface area contributed by atoms with Crippen LogP contribution >= 0.6 is 11.3 Å². The number of carbonyl (C=O) groups excluding carboxylic acids is 2. The van der Waals surface area contributed by atoms with Gasteiger partial charge >= 0.3 is 5.97 Å². The number of aliphatic imine (C=N–C) groups is 1. The molecule has 0 atom stereocenters. The number of esters is 1. The fraction of sp³-hybridized carbons (Fsp3) is 0.300. The Hall–Kier alpha value is -3.00. The monoisotopic (exact) mass is 397 g/mol. The first-order valence-electron chi connectivity index (χ1n) is 8.99. The van der Waals surface area contributed by atoms with E-state index in [1.165, 1.54) is 22.4 Å². The van der Waals surface area contributed by atoms with E-state index in [9.17, 15) is 9.59 Å². The van der Waals surface area contributed by atoms with Crippen molar-refractivity contribution in [2.75, 3.05) is 20.3 Å². The summed E-state index contributed by atoms with van der Waals surface area (Å²) in [6.45, 7) is 2.75. The average molecular weight is 397 g/mol. The largest absolute Gasteiger partial charge is 0.493 e. The zero-order chi connectivity index (χ0) is 19.7. The minimum Gasteiger partial charge on any atom is -0.493 e. The summed E-state index contributed by atoms with van der Waals surface area (Å²) in [4.78, 5) is 34.7. The first-order valence-corrected chi connectivity index (χ1v) is 9.87. The van der Waals surface area contributed by atoms with Gasteiger partial charge in [0.25, 0.3) is 5.91 Å². The van der Waals surface area contributed by atoms with Crippen molar-refractivity contribution in [2.45, 2.75) is 19.8 Å². The molecule has 0 unspecified atom stereocenters. The van der Waals surface area contributed by atoms with Gasteiger partial charge in [-0.2, -0.15) is 0 Å². The standard InChI is InChI=1S/C20H19N3O4S/c1-3-26-20(25)14-9-17(21-10-14)23(2)19(24)15-11-28-18(22-15)13-4-5-16-12(8-13)6-7-27-16/h4-5,8,10-11H,3,6-7,9H2,1-2H3. The van der Waals surface area contributed by atoms with Crippen LogP contribution in [0.15, 0.2) is 40.3 Å². The van der Waals surface area contributed by atoms with E-state index < -0.39 is 5.97 Å². The van der Waals surface area contributed by atoms with Crippen LogP contribution in [0.5, 0.6) is 5.75 Å². The summed E-state index contributed by atoms with van der Waals surface area (Å²) in [6.07, 6.45) is 2.61. The number of ether oxygens (including phenoxy) is 2. The lowest BCUT2D eigenvalue weighted by molar-refractivity contribution is -0.138. The van der Waals surface area contributed by atoms with Crippen molar-refractivity contribution in [3.8, 4) is 16.3 Å². The highest BCUT2D eigenvalue weighted by Crippen LogP contribution is 2.32. The van der Waals surface area contributed by atoms with Gasteiger partial charge < -0.3 is 9.47 Å². The fourth-order valence-electron chi connectivity index (χ4n) is 3.08. The summed E-state index contributed by atoms with van der Waals surface area (Å²) in [5, 5.41) is 2.53. The van der Waals surface area contributed by atoms with Gasteiger partial charge in [0.05, 0.1) is 18.8 Å². The van der Waals surface area contributed by atoms with Crippen molar-refractivity contribution >= 4 is 29.0 Å². The highest BCUT2D eigenvalue weighted by Gasteiger charge is 2.26. The molecule has 0 N–H and O–H groups in total. The van der Waals surface area contributed by atoms with E-state index in [4.69, 9.17) is 9.47 Å². The number of rotatable bonds is 4. The van der Waals surface area contributed by atoms with Crippen molar-refractivity contribution in [3.05, 3.63) is 46.6 Å². The van der Waals surface area contributed by atoms with Crippen LogP contribution in [-0.2, 0) is 16.0 Å². The fourth-order valence-corrected chi connectivity index (χ4v) is 3.87. The van der Waals surface area contributed by atoms with E-state index in [1.807, 2.05) is 12.1 Å². The van der Waals surface area contributed by atoms with E-state index in [0.29, 0.717) is 30.3 Å². The molecule has 0 saturated heterocycles. The third-order valence-electron chi connectivity index (χ3n) is 4.61. The smallest absolute Gasteiger partial charge is 0.336 e. The molecule has 1 aromatic carbocycles. The molecule has 0 fully saturated rings. The van der Waals surface area contributed by atoms with Crippen LogP contribution in [0.4, 0.5) is 0 Å². The zero-order valence-corrected chi connectivity index (χ0v) is 16.4. The Morgan fingerprint density at radius 2 is 2.21 bits per heavy atom. The van der Waals surface area contributed by atoms with Gasteiger partial charge in [-0.05, 0) is 30.7 Å². The maximum atomic E-state index is 12.8. The number of aromatic nitrogens is 1. The normalized spacial score (nSPS) is 14.8. The van der Waals surface area contributed by atoms with E-state index in [1.54, 1.807) is 19.4 Å². The van der Waals surface area contributed by atoms with Gasteiger partial charge in [-0.3, -0.25) is 9.69 Å². The second kappa shape index (κ2) is 7.55. The number of amidine groups is 1. The van der Waals surface area contributed by atoms with Crippen LogP contribution < -0.4 is 4.74 Å². The number of benzene rings is 1. The summed E-state index contributed by atoms with van der Waals surface area (Å²) in [5.74, 6) is 0.751. The molecule has 0 radical (unpaired) electrons. The van der Waals surface area contributed by atoms with Crippen LogP contribution in [0.3, 0.4) is 0 Å². The Morgan fingerprint density at radius 1 is 1.36 bits per heavy atom. The van der Waals surface area contributed by atoms with Crippen molar-refractivity contribution < 1.29 is 19.1 Å². The number of nitrogens with zero attached hydrogens (tertiary/aromatic N) is 3. The molecular weight excluding hydrogens is 378 g/mol. The van der Waals surface area contributed by atoms with Gasteiger partial charge in [-0.15, -0.1) is 11.3 Å². The number of thiazole rings is 1. The van der Waals surface area contributed by atoms with Crippen LogP contribution in [0.25, 0.3) is 10.6 Å². The lowest BCUT2D eigenvalue weighted by Gasteiger charge is -2.16. The third kappa shape index (κ3) is 3.43. The van der Waals surface area contributed by atoms with Crippen molar-refractivity contribution in [3.63, 3.8) is 0 Å². The molecule has 3 heterocycles. The van der Waals surface area contributed by atoms with Gasteiger partial charge in [-0.25, -0.2) is 14.8 Å². The van der Waals surface area contributed by atoms with E-state index in [-0.39, 0.29) is 12.3 Å². The molecule has 4 rings (SSSR count). The number of hydrogen-bond acceptors (Lipinski definition) is 7. The quantitative estimate of drug-likeness (QED) is 0.741. The topological polar surface area (TPSA) is 81.1 Å². The number of fused-ring (bicyclic) bond motifs is 1. The van der Waals surface area contributed by atoms with E-state index >= 15 is 0 Å². The molecule has 0 bridgehead atoms. The van der Waals surface area contributed by atoms with Crippen molar-refractivity contribution in [1.29, 1.82) is 0 Å². The second-order valence-corrected chi connectivity index (χ2v) is 7.28. The predicted molar refractivity (Wildman–Crippen MR) is 106 cm³/mol. The van der Waals surface area contributed by atoms with Crippen LogP contribution in [0.2, 0.25) is 0 Å². The first kappa shape index (κ1) is 18.4. The predicted octanol–water partition coefficient (Wildman–Crippen LogP) is 3.07. The minimum atomic E-state index is -0.404. The van der Waals surface area contributed by atoms with Gasteiger partial charge in [0.15, 0.2) is 0 Å². The maximum Gasteiger partial charge on any atom is 0.336 e. The molecular formula is C20H19N3O4S. The summed E-state index contributed by atoms with van der Waals surface area (Å²) in [7, 11) is 1.63. The third-order valence-corrected chi connectivity index (χ3v) is 5.50. The van der Waals surface area contributed by atoms with Crippen molar-refractivity contribution in [2.24, 2.45) is 4.99 Å². The first-order chi connectivity index (χ1) is 13.6. The Kier molecular flexibility index (Phi) is 4.95. The molecule has 8 heteroatoms. The Bertz CT molecular complexity index is 1010. The molecule has 28 heavy (non-hydrogen) atoms. The summed E-state index contributed by atoms with van der Waals surface area (Å²) >= 11 is 1.42. The maximum absolute atomic E-state index is 12.8. The van der Waals surface area contributed by atoms with E-state index in [0.717, 1.165) is 28.3 Å². The zero-order valence-electron chi connectivity index (χ0n) is 15.6. The summed E-state index contributed by atoms with van der Waals surface area (Å²) < 4.78 is 10.5. The highest BCUT2D eigenvalue weighted by molar-refractivity contribution is 7.13. The molecule has 1 aromatic heterocycles. The lowest BCUT2D eigenvalue weighted by Crippen LogP contribution is -2.33. The molecule has 0 spiro atoms. The SMILES string of the molecule is CCOC(=O)C1=CN=C(N(C)C(=O)c2csc(-c3ccc4c(c3)CCO4)n2)C1. The summed E-state index contributed by atoms with van der Waals surface area (Å²) in [5.41, 5.74) is 2.93. The highest BCUT2D eigenvalue weighted by atomic mass is 32.1. The van der Waals surface area contributed by atoms with Crippen molar-refractivity contribution in [1.82, 2.24) is 9.88 Å². The number of hydrogen-bond donors (Lipinski definition) is 0.